The van der Waals surface area contributed by atoms with E-state index >= 15 is 0 Å². The van der Waals surface area contributed by atoms with Gasteiger partial charge in [0.15, 0.2) is 15.0 Å². The molecule has 1 aromatic heterocycles. The van der Waals surface area contributed by atoms with E-state index in [-0.39, 0.29) is 16.6 Å². The van der Waals surface area contributed by atoms with Crippen LogP contribution in [0.5, 0.6) is 0 Å². The van der Waals surface area contributed by atoms with Crippen LogP contribution < -0.4 is 5.32 Å². The molecule has 0 saturated carbocycles. The molecule has 0 atom stereocenters. The molecule has 28 heavy (non-hydrogen) atoms. The summed E-state index contributed by atoms with van der Waals surface area (Å²) in [4.78, 5) is 22.0. The molecule has 0 unspecified atom stereocenters. The van der Waals surface area contributed by atoms with Crippen molar-refractivity contribution in [2.75, 3.05) is 11.1 Å². The number of benzene rings is 2. The molecule has 1 amide bonds. The maximum Gasteiger partial charge on any atom is 0.255 e. The van der Waals surface area contributed by atoms with E-state index in [1.165, 1.54) is 36.0 Å². The van der Waals surface area contributed by atoms with E-state index in [0.29, 0.717) is 16.4 Å². The van der Waals surface area contributed by atoms with E-state index in [1.807, 2.05) is 25.1 Å². The number of nitrogens with one attached hydrogen (secondary N) is 1. The van der Waals surface area contributed by atoms with E-state index in [4.69, 9.17) is 0 Å². The molecule has 0 aliphatic carbocycles. The minimum atomic E-state index is -3.28. The van der Waals surface area contributed by atoms with Gasteiger partial charge in [0.05, 0.1) is 10.6 Å². The van der Waals surface area contributed by atoms with Gasteiger partial charge in [-0.15, -0.1) is 0 Å². The summed E-state index contributed by atoms with van der Waals surface area (Å²) in [6.45, 7) is 3.49. The quantitative estimate of drug-likeness (QED) is 0.615. The predicted molar refractivity (Wildman–Crippen MR) is 109 cm³/mol. The lowest BCUT2D eigenvalue weighted by Gasteiger charge is -2.10. The number of amides is 1. The molecule has 0 bridgehead atoms. The average molecular weight is 414 g/mol. The average Bonchev–Trinajstić information content (AvgIpc) is 2.71. The molecular formula is C20H19N3O3S2. The maximum absolute atomic E-state index is 12.5. The first-order chi connectivity index (χ1) is 13.4. The summed E-state index contributed by atoms with van der Waals surface area (Å²) < 4.78 is 23.7. The number of aryl methyl sites for hydroxylation is 1. The fourth-order valence-corrected chi connectivity index (χ4v) is 4.15. The van der Waals surface area contributed by atoms with Gasteiger partial charge in [-0.25, -0.2) is 18.4 Å². The Morgan fingerprint density at radius 2 is 1.75 bits per heavy atom. The van der Waals surface area contributed by atoms with Crippen molar-refractivity contribution in [3.63, 3.8) is 0 Å². The van der Waals surface area contributed by atoms with Gasteiger partial charge >= 0.3 is 0 Å². The molecule has 0 radical (unpaired) electrons. The SMILES string of the molecule is CCS(=O)(=O)c1ccc(C(=O)Nc2ccc(Sc3ncccn3)cc2C)cc1. The summed E-state index contributed by atoms with van der Waals surface area (Å²) in [6.07, 6.45) is 3.38. The molecule has 1 N–H and O–H groups in total. The molecule has 144 valence electrons. The molecule has 1 heterocycles. The van der Waals surface area contributed by atoms with Crippen molar-refractivity contribution >= 4 is 33.2 Å². The van der Waals surface area contributed by atoms with Gasteiger partial charge in [0, 0.05) is 28.5 Å². The van der Waals surface area contributed by atoms with Crippen LogP contribution in [0.2, 0.25) is 0 Å². The number of hydrogen-bond acceptors (Lipinski definition) is 6. The van der Waals surface area contributed by atoms with Crippen LogP contribution in [0.3, 0.4) is 0 Å². The normalized spacial score (nSPS) is 11.2. The Morgan fingerprint density at radius 3 is 2.36 bits per heavy atom. The number of nitrogens with zero attached hydrogens (tertiary/aromatic N) is 2. The monoisotopic (exact) mass is 413 g/mol. The Morgan fingerprint density at radius 1 is 1.07 bits per heavy atom. The van der Waals surface area contributed by atoms with Crippen LogP contribution in [-0.2, 0) is 9.84 Å². The zero-order valence-electron chi connectivity index (χ0n) is 15.4. The molecule has 0 aliphatic rings. The Bertz CT molecular complexity index is 1080. The fraction of sp³-hybridized carbons (Fsp3) is 0.150. The van der Waals surface area contributed by atoms with Crippen molar-refractivity contribution in [3.8, 4) is 0 Å². The third-order valence-electron chi connectivity index (χ3n) is 4.05. The Kier molecular flexibility index (Phi) is 6.11. The number of carbonyl (C=O) groups excluding carboxylic acids is 1. The lowest BCUT2D eigenvalue weighted by Crippen LogP contribution is -2.13. The summed E-state index contributed by atoms with van der Waals surface area (Å²) in [6, 6.07) is 13.4. The van der Waals surface area contributed by atoms with Crippen molar-refractivity contribution in [2.45, 2.75) is 28.8 Å². The van der Waals surface area contributed by atoms with E-state index in [0.717, 1.165) is 10.5 Å². The number of hydrogen-bond donors (Lipinski definition) is 1. The number of anilines is 1. The molecule has 3 aromatic rings. The minimum absolute atomic E-state index is 0.0239. The van der Waals surface area contributed by atoms with Gasteiger partial charge in [0.2, 0.25) is 0 Å². The summed E-state index contributed by atoms with van der Waals surface area (Å²) >= 11 is 1.44. The summed E-state index contributed by atoms with van der Waals surface area (Å²) in [5, 5.41) is 3.51. The Labute approximate surface area is 168 Å². The molecule has 8 heteroatoms. The molecule has 6 nitrogen and oxygen atoms in total. The second-order valence-corrected chi connectivity index (χ2v) is 9.31. The van der Waals surface area contributed by atoms with Gasteiger partial charge in [-0.2, -0.15) is 0 Å². The number of sulfone groups is 1. The van der Waals surface area contributed by atoms with E-state index in [9.17, 15) is 13.2 Å². The highest BCUT2D eigenvalue weighted by molar-refractivity contribution is 7.99. The number of carbonyl (C=O) groups is 1. The van der Waals surface area contributed by atoms with Crippen molar-refractivity contribution in [1.29, 1.82) is 0 Å². The predicted octanol–water partition coefficient (Wildman–Crippen LogP) is 3.98. The molecule has 0 saturated heterocycles. The van der Waals surface area contributed by atoms with E-state index < -0.39 is 9.84 Å². The smallest absolute Gasteiger partial charge is 0.255 e. The molecule has 0 fully saturated rings. The van der Waals surface area contributed by atoms with Crippen LogP contribution in [0.25, 0.3) is 0 Å². The third kappa shape index (κ3) is 4.76. The van der Waals surface area contributed by atoms with Crippen molar-refractivity contribution < 1.29 is 13.2 Å². The molecule has 0 aliphatic heterocycles. The van der Waals surface area contributed by atoms with Gasteiger partial charge in [-0.05, 0) is 72.8 Å². The fourth-order valence-electron chi connectivity index (χ4n) is 2.46. The highest BCUT2D eigenvalue weighted by atomic mass is 32.2. The van der Waals surface area contributed by atoms with Crippen LogP contribution in [0, 0.1) is 6.92 Å². The van der Waals surface area contributed by atoms with Gasteiger partial charge < -0.3 is 5.32 Å². The van der Waals surface area contributed by atoms with Gasteiger partial charge in [0.25, 0.3) is 5.91 Å². The van der Waals surface area contributed by atoms with Crippen molar-refractivity contribution in [3.05, 3.63) is 72.1 Å². The maximum atomic E-state index is 12.5. The third-order valence-corrected chi connectivity index (χ3v) is 6.69. The Balaban J connectivity index is 1.72. The second-order valence-electron chi connectivity index (χ2n) is 5.99. The largest absolute Gasteiger partial charge is 0.322 e. The highest BCUT2D eigenvalue weighted by Gasteiger charge is 2.13. The first-order valence-corrected chi connectivity index (χ1v) is 11.1. The topological polar surface area (TPSA) is 89.0 Å². The van der Waals surface area contributed by atoms with Crippen LogP contribution in [0.1, 0.15) is 22.8 Å². The van der Waals surface area contributed by atoms with Crippen LogP contribution in [-0.4, -0.2) is 30.0 Å². The highest BCUT2D eigenvalue weighted by Crippen LogP contribution is 2.28. The van der Waals surface area contributed by atoms with Gasteiger partial charge in [-0.3, -0.25) is 4.79 Å². The Hall–Kier alpha value is -2.71. The van der Waals surface area contributed by atoms with Crippen molar-refractivity contribution in [2.24, 2.45) is 0 Å². The van der Waals surface area contributed by atoms with Crippen molar-refractivity contribution in [1.82, 2.24) is 9.97 Å². The zero-order chi connectivity index (χ0) is 20.1. The van der Waals surface area contributed by atoms with E-state index in [2.05, 4.69) is 15.3 Å². The lowest BCUT2D eigenvalue weighted by atomic mass is 10.1. The first kappa shape index (κ1) is 20.0. The zero-order valence-corrected chi connectivity index (χ0v) is 17.0. The first-order valence-electron chi connectivity index (χ1n) is 8.59. The molecular weight excluding hydrogens is 394 g/mol. The summed E-state index contributed by atoms with van der Waals surface area (Å²) in [7, 11) is -3.28. The van der Waals surface area contributed by atoms with E-state index in [1.54, 1.807) is 25.4 Å². The van der Waals surface area contributed by atoms with Gasteiger partial charge in [0.1, 0.15) is 0 Å². The molecule has 3 rings (SSSR count). The standard InChI is InChI=1S/C20H19N3O3S2/c1-3-28(25,26)17-8-5-15(6-9-17)19(24)23-18-10-7-16(13-14(18)2)27-20-21-11-4-12-22-20/h4-13H,3H2,1-2H3,(H,23,24). The molecule has 2 aromatic carbocycles. The molecule has 0 spiro atoms. The second kappa shape index (κ2) is 8.53. The summed E-state index contributed by atoms with van der Waals surface area (Å²) in [5.41, 5.74) is 1.98. The van der Waals surface area contributed by atoms with Crippen LogP contribution in [0.15, 0.2) is 75.9 Å². The van der Waals surface area contributed by atoms with Gasteiger partial charge in [-0.1, -0.05) is 6.92 Å². The minimum Gasteiger partial charge on any atom is -0.322 e. The van der Waals surface area contributed by atoms with Crippen LogP contribution >= 0.6 is 11.8 Å². The number of rotatable bonds is 6. The summed E-state index contributed by atoms with van der Waals surface area (Å²) in [5.74, 6) is -0.272. The number of aromatic nitrogens is 2. The van der Waals surface area contributed by atoms with Crippen LogP contribution in [0.4, 0.5) is 5.69 Å². The lowest BCUT2D eigenvalue weighted by molar-refractivity contribution is 0.102.